The van der Waals surface area contributed by atoms with E-state index in [4.69, 9.17) is 14.2 Å². The number of ether oxygens (including phenoxy) is 1. The van der Waals surface area contributed by atoms with E-state index < -0.39 is 15.8 Å². The van der Waals surface area contributed by atoms with Crippen LogP contribution in [-0.4, -0.2) is 34.4 Å². The molecule has 0 amide bonds. The smallest absolute Gasteiger partial charge is 0.439 e. The van der Waals surface area contributed by atoms with E-state index in [1.54, 1.807) is 6.07 Å². The summed E-state index contributed by atoms with van der Waals surface area (Å²) < 4.78 is 39.7. The number of aryl methyl sites for hydroxylation is 1. The Morgan fingerprint density at radius 3 is 2.68 bits per heavy atom. The van der Waals surface area contributed by atoms with Gasteiger partial charge in [0.2, 0.25) is 10.0 Å². The normalized spacial score (nSPS) is 14.2. The largest absolute Gasteiger partial charge is 0.488 e. The molecular weight excluding hydrogens is 542 g/mol. The van der Waals surface area contributed by atoms with Crippen molar-refractivity contribution in [1.82, 2.24) is 19.7 Å². The van der Waals surface area contributed by atoms with E-state index in [-0.39, 0.29) is 0 Å². The second kappa shape index (κ2) is 10.4. The first kappa shape index (κ1) is 26.6. The number of aromatic nitrogens is 4. The van der Waals surface area contributed by atoms with Gasteiger partial charge in [0.15, 0.2) is 5.82 Å². The maximum atomic E-state index is 12.0. The summed E-state index contributed by atoms with van der Waals surface area (Å²) in [6, 6.07) is 19.6. The maximum Gasteiger partial charge on any atom is 0.439 e. The number of benzene rings is 3. The predicted molar refractivity (Wildman–Crippen MR) is 157 cm³/mol. The summed E-state index contributed by atoms with van der Waals surface area (Å²) in [5.41, 5.74) is 7.51. The minimum Gasteiger partial charge on any atom is -0.488 e. The lowest BCUT2D eigenvalue weighted by atomic mass is 9.89. The van der Waals surface area contributed by atoms with E-state index in [1.807, 2.05) is 43.3 Å². The standard InChI is InChI=1S/C30H29N5O5S/c1-4-8-26-31-28-23(34-41(3,37)38)10-7-11-24(28)35(26)16-19-13-14-21-20(15-19)17-39-25-12-6-5-9-22(25)27(21)18(2)29-32-30(36)40-33-29/h5-7,9-15,34H,4,8,16-17H2,1-3H3,(H,32,33,36). The van der Waals surface area contributed by atoms with Gasteiger partial charge in [0.25, 0.3) is 0 Å². The van der Waals surface area contributed by atoms with E-state index in [9.17, 15) is 13.2 Å². The van der Waals surface area contributed by atoms with Gasteiger partial charge in [-0.25, -0.2) is 18.2 Å². The molecule has 1 aliphatic heterocycles. The van der Waals surface area contributed by atoms with Crippen LogP contribution < -0.4 is 15.2 Å². The highest BCUT2D eigenvalue weighted by Crippen LogP contribution is 2.40. The van der Waals surface area contributed by atoms with Crippen LogP contribution in [0.15, 0.2) is 70.0 Å². The minimum atomic E-state index is -3.46. The van der Waals surface area contributed by atoms with Gasteiger partial charge in [0.05, 0.1) is 17.5 Å². The van der Waals surface area contributed by atoms with Gasteiger partial charge in [0.1, 0.15) is 23.7 Å². The highest BCUT2D eigenvalue weighted by Gasteiger charge is 2.24. The highest BCUT2D eigenvalue weighted by molar-refractivity contribution is 7.92. The number of nitrogens with zero attached hydrogens (tertiary/aromatic N) is 3. The number of hydrogen-bond donors (Lipinski definition) is 2. The number of sulfonamides is 1. The van der Waals surface area contributed by atoms with Crippen LogP contribution in [0.2, 0.25) is 0 Å². The summed E-state index contributed by atoms with van der Waals surface area (Å²) in [4.78, 5) is 19.2. The van der Waals surface area contributed by atoms with Gasteiger partial charge in [-0.2, -0.15) is 0 Å². The Hall–Kier alpha value is -4.64. The Labute approximate surface area is 236 Å². The molecule has 1 aliphatic rings. The summed E-state index contributed by atoms with van der Waals surface area (Å²) in [6.07, 6.45) is 2.78. The third-order valence-corrected chi connectivity index (χ3v) is 7.71. The number of allylic oxidation sites excluding steroid dienone is 1. The fourth-order valence-corrected chi connectivity index (χ4v) is 5.94. The summed E-state index contributed by atoms with van der Waals surface area (Å²) in [7, 11) is -3.46. The molecule has 0 atom stereocenters. The Morgan fingerprint density at radius 2 is 1.93 bits per heavy atom. The van der Waals surface area contributed by atoms with Crippen molar-refractivity contribution in [3.8, 4) is 5.75 Å². The van der Waals surface area contributed by atoms with Gasteiger partial charge >= 0.3 is 5.76 Å². The Morgan fingerprint density at radius 1 is 1.10 bits per heavy atom. The van der Waals surface area contributed by atoms with Crippen molar-refractivity contribution in [1.29, 1.82) is 0 Å². The molecule has 0 saturated heterocycles. The van der Waals surface area contributed by atoms with Crippen LogP contribution >= 0.6 is 0 Å². The lowest BCUT2D eigenvalue weighted by molar-refractivity contribution is 0.307. The summed E-state index contributed by atoms with van der Waals surface area (Å²) in [5.74, 6) is 1.38. The zero-order valence-corrected chi connectivity index (χ0v) is 23.7. The quantitative estimate of drug-likeness (QED) is 0.282. The molecule has 0 spiro atoms. The van der Waals surface area contributed by atoms with Crippen molar-refractivity contribution < 1.29 is 17.7 Å². The second-order valence-electron chi connectivity index (χ2n) is 10.1. The number of anilines is 1. The fraction of sp³-hybridized carbons (Fsp3) is 0.233. The molecule has 210 valence electrons. The van der Waals surface area contributed by atoms with Crippen molar-refractivity contribution in [2.45, 2.75) is 39.8 Å². The molecule has 2 N–H and O–H groups in total. The van der Waals surface area contributed by atoms with Gasteiger partial charge < -0.3 is 9.30 Å². The molecule has 0 radical (unpaired) electrons. The van der Waals surface area contributed by atoms with E-state index in [0.717, 1.165) is 69.6 Å². The minimum absolute atomic E-state index is 0.362. The molecule has 3 heterocycles. The number of nitrogens with one attached hydrogen (secondary N) is 2. The molecule has 5 aromatic rings. The van der Waals surface area contributed by atoms with E-state index in [1.165, 1.54) is 0 Å². The van der Waals surface area contributed by atoms with Crippen LogP contribution in [0.1, 0.15) is 54.2 Å². The number of fused-ring (bicyclic) bond motifs is 3. The third kappa shape index (κ3) is 5.16. The molecule has 10 nitrogen and oxygen atoms in total. The average Bonchev–Trinajstić information content (AvgIpc) is 3.47. The van der Waals surface area contributed by atoms with Gasteiger partial charge in [-0.1, -0.05) is 48.5 Å². The summed E-state index contributed by atoms with van der Waals surface area (Å²) >= 11 is 0. The van der Waals surface area contributed by atoms with Crippen molar-refractivity contribution in [3.63, 3.8) is 0 Å². The Kier molecular flexibility index (Phi) is 6.74. The van der Waals surface area contributed by atoms with E-state index >= 15 is 0 Å². The zero-order valence-electron chi connectivity index (χ0n) is 22.9. The summed E-state index contributed by atoms with van der Waals surface area (Å²) in [6.45, 7) is 4.90. The number of aromatic amines is 1. The SMILES string of the molecule is CCCc1nc2c(NS(C)(=O)=O)cccc2n1Cc1ccc2c(c1)COc1ccccc1C2=C(C)c1noc(=O)[nH]1. The number of imidazole rings is 1. The van der Waals surface area contributed by atoms with Crippen LogP contribution in [0.25, 0.3) is 22.2 Å². The molecule has 0 saturated carbocycles. The van der Waals surface area contributed by atoms with Crippen molar-refractivity contribution in [3.05, 3.63) is 105 Å². The molecule has 6 rings (SSSR count). The highest BCUT2D eigenvalue weighted by atomic mass is 32.2. The van der Waals surface area contributed by atoms with Crippen LogP contribution in [0.5, 0.6) is 5.75 Å². The molecule has 0 bridgehead atoms. The Bertz CT molecular complexity index is 1980. The first-order chi connectivity index (χ1) is 19.7. The molecule has 3 aromatic carbocycles. The first-order valence-electron chi connectivity index (χ1n) is 13.3. The fourth-order valence-electron chi connectivity index (χ4n) is 5.37. The van der Waals surface area contributed by atoms with Crippen molar-refractivity contribution in [2.75, 3.05) is 11.0 Å². The summed E-state index contributed by atoms with van der Waals surface area (Å²) in [5, 5.41) is 3.93. The monoisotopic (exact) mass is 571 g/mol. The molecule has 0 unspecified atom stereocenters. The maximum absolute atomic E-state index is 12.0. The van der Waals surface area contributed by atoms with Crippen molar-refractivity contribution in [2.24, 2.45) is 0 Å². The van der Waals surface area contributed by atoms with Gasteiger partial charge in [-0.3, -0.25) is 14.2 Å². The van der Waals surface area contributed by atoms with Gasteiger partial charge in [0, 0.05) is 24.1 Å². The zero-order chi connectivity index (χ0) is 28.7. The number of para-hydroxylation sites is 2. The van der Waals surface area contributed by atoms with Crippen LogP contribution in [-0.2, 0) is 29.6 Å². The van der Waals surface area contributed by atoms with E-state index in [0.29, 0.717) is 30.2 Å². The second-order valence-corrected chi connectivity index (χ2v) is 11.9. The molecule has 2 aromatic heterocycles. The van der Waals surface area contributed by atoms with Crippen LogP contribution in [0.4, 0.5) is 5.69 Å². The lowest BCUT2D eigenvalue weighted by Gasteiger charge is -2.15. The topological polar surface area (TPSA) is 132 Å². The lowest BCUT2D eigenvalue weighted by Crippen LogP contribution is -2.10. The molecule has 0 aliphatic carbocycles. The van der Waals surface area contributed by atoms with Gasteiger partial charge in [-0.15, -0.1) is 0 Å². The van der Waals surface area contributed by atoms with Crippen LogP contribution in [0.3, 0.4) is 0 Å². The number of H-pyrrole nitrogens is 1. The number of rotatable bonds is 7. The van der Waals surface area contributed by atoms with Gasteiger partial charge in [-0.05, 0) is 59.9 Å². The molecular formula is C30H29N5O5S. The molecule has 0 fully saturated rings. The van der Waals surface area contributed by atoms with Crippen LogP contribution in [0, 0.1) is 0 Å². The molecule has 11 heteroatoms. The Balaban J connectivity index is 1.46. The number of hydrogen-bond acceptors (Lipinski definition) is 7. The average molecular weight is 572 g/mol. The molecule has 41 heavy (non-hydrogen) atoms. The third-order valence-electron chi connectivity index (χ3n) is 7.12. The van der Waals surface area contributed by atoms with Crippen molar-refractivity contribution >= 4 is 37.9 Å². The van der Waals surface area contributed by atoms with E-state index in [2.05, 4.69) is 44.6 Å². The predicted octanol–water partition coefficient (Wildman–Crippen LogP) is 4.96. The first-order valence-corrected chi connectivity index (χ1v) is 15.2.